The minimum Gasteiger partial charge on any atom is -0.342 e. The molecule has 1 N–H and O–H groups in total. The zero-order valence-corrected chi connectivity index (χ0v) is 13.0. The number of rotatable bonds is 3. The molecule has 3 unspecified atom stereocenters. The van der Waals surface area contributed by atoms with Gasteiger partial charge in [0.05, 0.1) is 6.42 Å². The molecule has 1 heterocycles. The molecule has 1 saturated heterocycles. The second-order valence-electron chi connectivity index (χ2n) is 6.65. The van der Waals surface area contributed by atoms with Gasteiger partial charge < -0.3 is 10.2 Å². The molecule has 1 aliphatic rings. The first-order valence-corrected chi connectivity index (χ1v) is 7.07. The maximum Gasteiger partial charge on any atom is 0.391 e. The Kier molecular flexibility index (Phi) is 4.95. The van der Waals surface area contributed by atoms with Crippen molar-refractivity contribution in [1.82, 2.24) is 10.2 Å². The van der Waals surface area contributed by atoms with Crippen LogP contribution in [0.1, 0.15) is 47.5 Å². The molecular formula is C14H23F3N2O2. The summed E-state index contributed by atoms with van der Waals surface area (Å²) in [6.07, 6.45) is -5.20. The van der Waals surface area contributed by atoms with Crippen LogP contribution in [0.2, 0.25) is 0 Å². The van der Waals surface area contributed by atoms with E-state index in [1.165, 1.54) is 6.92 Å². The molecule has 4 nitrogen and oxygen atoms in total. The molecule has 1 rings (SSSR count). The van der Waals surface area contributed by atoms with Crippen LogP contribution in [-0.4, -0.2) is 41.0 Å². The number of carbonyl (C=O) groups excluding carboxylic acids is 2. The molecule has 0 radical (unpaired) electrons. The lowest BCUT2D eigenvalue weighted by Crippen LogP contribution is -2.68. The van der Waals surface area contributed by atoms with Crippen LogP contribution < -0.4 is 5.32 Å². The van der Waals surface area contributed by atoms with Gasteiger partial charge in [-0.2, -0.15) is 13.2 Å². The molecule has 7 heteroatoms. The van der Waals surface area contributed by atoms with Gasteiger partial charge >= 0.3 is 6.18 Å². The Hall–Kier alpha value is -1.27. The second kappa shape index (κ2) is 5.85. The number of halogens is 3. The second-order valence-corrected chi connectivity index (χ2v) is 6.65. The fraction of sp³-hybridized carbons (Fsp3) is 0.857. The highest BCUT2D eigenvalue weighted by atomic mass is 19.4. The smallest absolute Gasteiger partial charge is 0.342 e. The van der Waals surface area contributed by atoms with E-state index in [4.69, 9.17) is 0 Å². The van der Waals surface area contributed by atoms with Crippen LogP contribution >= 0.6 is 0 Å². The van der Waals surface area contributed by atoms with E-state index in [1.807, 2.05) is 0 Å². The van der Waals surface area contributed by atoms with Crippen molar-refractivity contribution in [2.24, 2.45) is 5.41 Å². The van der Waals surface area contributed by atoms with Crippen molar-refractivity contribution >= 4 is 11.8 Å². The average Bonchev–Trinajstić information content (AvgIpc) is 2.26. The molecule has 0 aromatic heterocycles. The third kappa shape index (κ3) is 4.11. The zero-order valence-electron chi connectivity index (χ0n) is 13.0. The molecule has 3 atom stereocenters. The first-order valence-electron chi connectivity index (χ1n) is 7.07. The summed E-state index contributed by atoms with van der Waals surface area (Å²) in [6.45, 7) is 8.34. The number of nitrogens with zero attached hydrogens (tertiary/aromatic N) is 1. The van der Waals surface area contributed by atoms with Crippen molar-refractivity contribution in [2.75, 3.05) is 0 Å². The van der Waals surface area contributed by atoms with Gasteiger partial charge in [0.25, 0.3) is 0 Å². The molecule has 1 aliphatic heterocycles. The molecule has 2 amide bonds. The molecule has 0 aliphatic carbocycles. The summed E-state index contributed by atoms with van der Waals surface area (Å²) < 4.78 is 37.8. The summed E-state index contributed by atoms with van der Waals surface area (Å²) in [5.41, 5.74) is -0.554. The minimum absolute atomic E-state index is 0.288. The van der Waals surface area contributed by atoms with E-state index in [1.54, 1.807) is 27.7 Å². The van der Waals surface area contributed by atoms with Gasteiger partial charge in [-0.05, 0) is 18.8 Å². The van der Waals surface area contributed by atoms with E-state index < -0.39 is 42.0 Å². The van der Waals surface area contributed by atoms with Gasteiger partial charge in [0, 0.05) is 6.04 Å². The standard InChI is InChI=1S/C14H23F3N2O2/c1-6-9-11(20)18-10(13(3,4)5)12(21)19(9)8(2)7-14(15,16)17/h8-10H,6-7H2,1-5H3,(H,18,20). The number of carbonyl (C=O) groups is 2. The predicted octanol–water partition coefficient (Wildman–Crippen LogP) is 2.48. The third-order valence-electron chi connectivity index (χ3n) is 3.68. The summed E-state index contributed by atoms with van der Waals surface area (Å²) >= 11 is 0. The highest BCUT2D eigenvalue weighted by molar-refractivity contribution is 5.97. The summed E-state index contributed by atoms with van der Waals surface area (Å²) in [7, 11) is 0. The number of piperazine rings is 1. The van der Waals surface area contributed by atoms with Crippen LogP contribution in [0.5, 0.6) is 0 Å². The van der Waals surface area contributed by atoms with E-state index in [0.717, 1.165) is 4.90 Å². The van der Waals surface area contributed by atoms with Gasteiger partial charge in [-0.25, -0.2) is 0 Å². The van der Waals surface area contributed by atoms with Crippen molar-refractivity contribution in [3.8, 4) is 0 Å². The Balaban J connectivity index is 3.10. The van der Waals surface area contributed by atoms with Crippen molar-refractivity contribution < 1.29 is 22.8 Å². The summed E-state index contributed by atoms with van der Waals surface area (Å²) in [5.74, 6) is -0.822. The van der Waals surface area contributed by atoms with Crippen LogP contribution in [0.25, 0.3) is 0 Å². The molecule has 0 bridgehead atoms. The van der Waals surface area contributed by atoms with Gasteiger partial charge in [0.15, 0.2) is 0 Å². The maximum atomic E-state index is 12.6. The quantitative estimate of drug-likeness (QED) is 0.871. The number of amides is 2. The Labute approximate surface area is 123 Å². The molecule has 21 heavy (non-hydrogen) atoms. The summed E-state index contributed by atoms with van der Waals surface area (Å²) in [6, 6.07) is -2.70. The van der Waals surface area contributed by atoms with Crippen LogP contribution in [0, 0.1) is 5.41 Å². The minimum atomic E-state index is -4.37. The van der Waals surface area contributed by atoms with E-state index >= 15 is 0 Å². The zero-order chi connectivity index (χ0) is 16.6. The number of alkyl halides is 3. The number of hydrogen-bond donors (Lipinski definition) is 1. The molecule has 0 aromatic carbocycles. The van der Waals surface area contributed by atoms with Crippen LogP contribution in [0.4, 0.5) is 13.2 Å². The van der Waals surface area contributed by atoms with Crippen molar-refractivity contribution in [2.45, 2.75) is 71.8 Å². The molecule has 1 fully saturated rings. The normalized spacial score (nSPS) is 25.8. The topological polar surface area (TPSA) is 49.4 Å². The fourth-order valence-electron chi connectivity index (χ4n) is 2.66. The molecule has 0 aromatic rings. The molecular weight excluding hydrogens is 285 g/mol. The van der Waals surface area contributed by atoms with Crippen LogP contribution in [-0.2, 0) is 9.59 Å². The lowest BCUT2D eigenvalue weighted by Gasteiger charge is -2.45. The van der Waals surface area contributed by atoms with Gasteiger partial charge in [-0.15, -0.1) is 0 Å². The van der Waals surface area contributed by atoms with Gasteiger partial charge in [-0.3, -0.25) is 9.59 Å². The van der Waals surface area contributed by atoms with E-state index in [0.29, 0.717) is 0 Å². The summed E-state index contributed by atoms with van der Waals surface area (Å²) in [4.78, 5) is 25.8. The SMILES string of the molecule is CCC1C(=O)NC(C(C)(C)C)C(=O)N1C(C)CC(F)(F)F. The third-order valence-corrected chi connectivity index (χ3v) is 3.68. The number of nitrogens with one attached hydrogen (secondary N) is 1. The van der Waals surface area contributed by atoms with E-state index in [-0.39, 0.29) is 12.3 Å². The number of hydrogen-bond acceptors (Lipinski definition) is 2. The molecule has 0 spiro atoms. The molecule has 122 valence electrons. The van der Waals surface area contributed by atoms with Crippen molar-refractivity contribution in [1.29, 1.82) is 0 Å². The first kappa shape index (κ1) is 17.8. The maximum absolute atomic E-state index is 12.6. The average molecular weight is 308 g/mol. The lowest BCUT2D eigenvalue weighted by molar-refractivity contribution is -0.167. The Morgan fingerprint density at radius 3 is 2.14 bits per heavy atom. The first-order chi connectivity index (χ1) is 9.38. The fourth-order valence-corrected chi connectivity index (χ4v) is 2.66. The predicted molar refractivity (Wildman–Crippen MR) is 72.4 cm³/mol. The monoisotopic (exact) mass is 308 g/mol. The van der Waals surface area contributed by atoms with Crippen molar-refractivity contribution in [3.05, 3.63) is 0 Å². The van der Waals surface area contributed by atoms with E-state index in [2.05, 4.69) is 5.32 Å². The van der Waals surface area contributed by atoms with Gasteiger partial charge in [-0.1, -0.05) is 27.7 Å². The van der Waals surface area contributed by atoms with Crippen LogP contribution in [0.3, 0.4) is 0 Å². The van der Waals surface area contributed by atoms with Gasteiger partial charge in [0.1, 0.15) is 12.1 Å². The van der Waals surface area contributed by atoms with Crippen molar-refractivity contribution in [3.63, 3.8) is 0 Å². The summed E-state index contributed by atoms with van der Waals surface area (Å²) in [5, 5.41) is 2.64. The largest absolute Gasteiger partial charge is 0.391 e. The molecule has 0 saturated carbocycles. The van der Waals surface area contributed by atoms with Crippen LogP contribution in [0.15, 0.2) is 0 Å². The Bertz CT molecular complexity index is 415. The Morgan fingerprint density at radius 1 is 1.24 bits per heavy atom. The highest BCUT2D eigenvalue weighted by Gasteiger charge is 2.47. The highest BCUT2D eigenvalue weighted by Crippen LogP contribution is 2.31. The Morgan fingerprint density at radius 2 is 1.76 bits per heavy atom. The lowest BCUT2D eigenvalue weighted by atomic mass is 9.83. The van der Waals surface area contributed by atoms with E-state index in [9.17, 15) is 22.8 Å². The van der Waals surface area contributed by atoms with Gasteiger partial charge in [0.2, 0.25) is 11.8 Å².